The van der Waals surface area contributed by atoms with E-state index in [4.69, 9.17) is 11.6 Å². The van der Waals surface area contributed by atoms with Crippen LogP contribution in [0.25, 0.3) is 0 Å². The summed E-state index contributed by atoms with van der Waals surface area (Å²) in [6, 6.07) is 3.33. The highest BCUT2D eigenvalue weighted by atomic mass is 35.5. The van der Waals surface area contributed by atoms with Crippen LogP contribution in [0, 0.1) is 5.82 Å². The van der Waals surface area contributed by atoms with Crippen LogP contribution in [0.5, 0.6) is 0 Å². The fourth-order valence-corrected chi connectivity index (χ4v) is 1.37. The van der Waals surface area contributed by atoms with E-state index in [1.807, 2.05) is 5.32 Å². The lowest BCUT2D eigenvalue weighted by molar-refractivity contribution is -0.126. The van der Waals surface area contributed by atoms with Crippen molar-refractivity contribution in [1.82, 2.24) is 5.32 Å². The molecule has 0 bridgehead atoms. The molecule has 0 aliphatic carbocycles. The fourth-order valence-electron chi connectivity index (χ4n) is 1.15. The third-order valence-corrected chi connectivity index (χ3v) is 1.98. The van der Waals surface area contributed by atoms with Gasteiger partial charge in [-0.05, 0) is 18.2 Å². The minimum absolute atomic E-state index is 0.0774. The summed E-state index contributed by atoms with van der Waals surface area (Å²) in [6.07, 6.45) is -4.39. The summed E-state index contributed by atoms with van der Waals surface area (Å²) in [4.78, 5) is 11.2. The molecule has 0 unspecified atom stereocenters. The van der Waals surface area contributed by atoms with E-state index in [-0.39, 0.29) is 10.7 Å². The van der Waals surface area contributed by atoms with Gasteiger partial charge in [0.1, 0.15) is 5.82 Å². The SMILES string of the molecule is O=C(CNCC(F)(F)F)Nc1cc(F)cc(Cl)c1. The molecule has 1 rings (SSSR count). The van der Waals surface area contributed by atoms with E-state index in [0.29, 0.717) is 0 Å². The summed E-state index contributed by atoms with van der Waals surface area (Å²) >= 11 is 5.54. The van der Waals surface area contributed by atoms with Crippen LogP contribution in [0.15, 0.2) is 18.2 Å². The zero-order valence-electron chi connectivity index (χ0n) is 8.94. The van der Waals surface area contributed by atoms with E-state index >= 15 is 0 Å². The molecular weight excluding hydrogens is 276 g/mol. The Hall–Kier alpha value is -1.34. The predicted octanol–water partition coefficient (Wildman–Crippen LogP) is 2.57. The molecule has 1 aromatic rings. The highest BCUT2D eigenvalue weighted by Gasteiger charge is 2.26. The van der Waals surface area contributed by atoms with Crippen LogP contribution in [0.1, 0.15) is 0 Å². The topological polar surface area (TPSA) is 41.1 Å². The molecular formula is C10H9ClF4N2O. The molecule has 0 saturated carbocycles. The number of halogens is 5. The summed E-state index contributed by atoms with van der Waals surface area (Å²) in [5.74, 6) is -1.37. The summed E-state index contributed by atoms with van der Waals surface area (Å²) in [6.45, 7) is -1.81. The number of hydrogen-bond donors (Lipinski definition) is 2. The molecule has 0 heterocycles. The molecule has 0 saturated heterocycles. The molecule has 0 radical (unpaired) electrons. The van der Waals surface area contributed by atoms with Crippen LogP contribution < -0.4 is 10.6 Å². The first-order chi connectivity index (χ1) is 8.26. The molecule has 0 aliphatic heterocycles. The molecule has 18 heavy (non-hydrogen) atoms. The maximum absolute atomic E-state index is 12.9. The van der Waals surface area contributed by atoms with Crippen LogP contribution in [-0.4, -0.2) is 25.2 Å². The predicted molar refractivity (Wildman–Crippen MR) is 59.0 cm³/mol. The van der Waals surface area contributed by atoms with Crippen molar-refractivity contribution < 1.29 is 22.4 Å². The van der Waals surface area contributed by atoms with Gasteiger partial charge in [0.2, 0.25) is 5.91 Å². The maximum Gasteiger partial charge on any atom is 0.401 e. The van der Waals surface area contributed by atoms with Crippen molar-refractivity contribution in [2.75, 3.05) is 18.4 Å². The number of hydrogen-bond acceptors (Lipinski definition) is 2. The molecule has 1 aromatic carbocycles. The molecule has 0 atom stereocenters. The number of alkyl halides is 3. The standard InChI is InChI=1S/C10H9ClF4N2O/c11-6-1-7(12)3-8(2-6)17-9(18)4-16-5-10(13,14)15/h1-3,16H,4-5H2,(H,17,18). The van der Waals surface area contributed by atoms with Crippen LogP contribution in [-0.2, 0) is 4.79 Å². The van der Waals surface area contributed by atoms with Crippen LogP contribution in [0.2, 0.25) is 5.02 Å². The quantitative estimate of drug-likeness (QED) is 0.835. The van der Waals surface area contributed by atoms with Gasteiger partial charge in [-0.1, -0.05) is 11.6 Å². The Morgan fingerprint density at radius 3 is 2.50 bits per heavy atom. The van der Waals surface area contributed by atoms with Gasteiger partial charge in [0, 0.05) is 10.7 Å². The Morgan fingerprint density at radius 2 is 1.94 bits per heavy atom. The van der Waals surface area contributed by atoms with Crippen molar-refractivity contribution in [2.24, 2.45) is 0 Å². The number of carbonyl (C=O) groups is 1. The highest BCUT2D eigenvalue weighted by molar-refractivity contribution is 6.30. The van der Waals surface area contributed by atoms with Gasteiger partial charge in [-0.15, -0.1) is 0 Å². The lowest BCUT2D eigenvalue weighted by atomic mass is 10.3. The summed E-state index contributed by atoms with van der Waals surface area (Å²) in [5, 5.41) is 4.20. The first-order valence-corrected chi connectivity index (χ1v) is 5.17. The van der Waals surface area contributed by atoms with E-state index in [1.54, 1.807) is 0 Å². The Labute approximate surface area is 105 Å². The Kier molecular flexibility index (Phi) is 4.92. The minimum atomic E-state index is -4.39. The van der Waals surface area contributed by atoms with Gasteiger partial charge in [-0.25, -0.2) is 4.39 Å². The van der Waals surface area contributed by atoms with Crippen molar-refractivity contribution in [3.05, 3.63) is 29.0 Å². The minimum Gasteiger partial charge on any atom is -0.325 e. The second-order valence-corrected chi connectivity index (χ2v) is 3.86. The van der Waals surface area contributed by atoms with Crippen molar-refractivity contribution in [3.63, 3.8) is 0 Å². The van der Waals surface area contributed by atoms with Gasteiger partial charge < -0.3 is 10.6 Å². The molecule has 8 heteroatoms. The Morgan fingerprint density at radius 1 is 1.28 bits per heavy atom. The lowest BCUT2D eigenvalue weighted by Gasteiger charge is -2.09. The monoisotopic (exact) mass is 284 g/mol. The number of rotatable bonds is 4. The van der Waals surface area contributed by atoms with E-state index in [2.05, 4.69) is 5.32 Å². The number of anilines is 1. The molecule has 0 aliphatic rings. The van der Waals surface area contributed by atoms with Gasteiger partial charge in [-0.2, -0.15) is 13.2 Å². The fraction of sp³-hybridized carbons (Fsp3) is 0.300. The van der Waals surface area contributed by atoms with E-state index in [9.17, 15) is 22.4 Å². The Bertz CT molecular complexity index is 416. The van der Waals surface area contributed by atoms with Crippen molar-refractivity contribution >= 4 is 23.2 Å². The largest absolute Gasteiger partial charge is 0.401 e. The average Bonchev–Trinajstić information content (AvgIpc) is 2.12. The van der Waals surface area contributed by atoms with Gasteiger partial charge in [0.05, 0.1) is 13.1 Å². The van der Waals surface area contributed by atoms with E-state index in [1.165, 1.54) is 6.07 Å². The molecule has 100 valence electrons. The van der Waals surface area contributed by atoms with Gasteiger partial charge in [-0.3, -0.25) is 4.79 Å². The molecule has 2 N–H and O–H groups in total. The van der Waals surface area contributed by atoms with E-state index < -0.39 is 31.0 Å². The molecule has 0 spiro atoms. The highest BCUT2D eigenvalue weighted by Crippen LogP contribution is 2.17. The van der Waals surface area contributed by atoms with Gasteiger partial charge in [0.25, 0.3) is 0 Å². The van der Waals surface area contributed by atoms with Gasteiger partial charge >= 0.3 is 6.18 Å². The molecule has 3 nitrogen and oxygen atoms in total. The van der Waals surface area contributed by atoms with Crippen molar-refractivity contribution in [2.45, 2.75) is 6.18 Å². The lowest BCUT2D eigenvalue weighted by Crippen LogP contribution is -2.35. The second-order valence-electron chi connectivity index (χ2n) is 3.43. The zero-order chi connectivity index (χ0) is 13.8. The average molecular weight is 285 g/mol. The molecule has 1 amide bonds. The van der Waals surface area contributed by atoms with Crippen LogP contribution >= 0.6 is 11.6 Å². The summed E-state index contributed by atoms with van der Waals surface area (Å²) < 4.78 is 48.2. The second kappa shape index (κ2) is 6.01. The number of amides is 1. The number of nitrogens with one attached hydrogen (secondary N) is 2. The third kappa shape index (κ3) is 5.83. The van der Waals surface area contributed by atoms with Gasteiger partial charge in [0.15, 0.2) is 0 Å². The maximum atomic E-state index is 12.9. The van der Waals surface area contributed by atoms with Crippen molar-refractivity contribution in [3.8, 4) is 0 Å². The molecule has 0 aromatic heterocycles. The van der Waals surface area contributed by atoms with E-state index in [0.717, 1.165) is 12.1 Å². The summed E-state index contributed by atoms with van der Waals surface area (Å²) in [7, 11) is 0. The zero-order valence-corrected chi connectivity index (χ0v) is 9.70. The Balaban J connectivity index is 2.45. The smallest absolute Gasteiger partial charge is 0.325 e. The third-order valence-electron chi connectivity index (χ3n) is 1.76. The number of benzene rings is 1. The first-order valence-electron chi connectivity index (χ1n) is 4.80. The number of carbonyl (C=O) groups excluding carboxylic acids is 1. The summed E-state index contributed by atoms with van der Waals surface area (Å²) in [5.41, 5.74) is 0.0822. The van der Waals surface area contributed by atoms with Crippen LogP contribution in [0.3, 0.4) is 0 Å². The van der Waals surface area contributed by atoms with Crippen LogP contribution in [0.4, 0.5) is 23.2 Å². The first kappa shape index (κ1) is 14.7. The normalized spacial score (nSPS) is 11.4. The van der Waals surface area contributed by atoms with Crippen molar-refractivity contribution in [1.29, 1.82) is 0 Å². The molecule has 0 fully saturated rings.